The number of aromatic nitrogens is 4. The minimum absolute atomic E-state index is 0.0229. The van der Waals surface area contributed by atoms with Gasteiger partial charge in [-0.05, 0) is 58.0 Å². The topological polar surface area (TPSA) is 89.2 Å². The fourth-order valence-electron chi connectivity index (χ4n) is 5.08. The average Bonchev–Trinajstić information content (AvgIpc) is 3.43. The summed E-state index contributed by atoms with van der Waals surface area (Å²) < 4.78 is 9.14. The molecule has 2 N–H and O–H groups in total. The maximum absolute atomic E-state index is 12.9. The number of methoxy groups -OCH3 is 1. The number of fused-ring (bicyclic) bond motifs is 1. The van der Waals surface area contributed by atoms with Crippen molar-refractivity contribution < 1.29 is 4.74 Å². The number of piperidine rings is 1. The SMILES string of the molecule is COc1cc(NC2CCN(C)CC2)ccc1Nc1ncc2c(n1)n(C1CCCC1)c(=O)n2C. The highest BCUT2D eigenvalue weighted by molar-refractivity contribution is 5.74. The third kappa shape index (κ3) is 4.29. The van der Waals surface area contributed by atoms with Crippen LogP contribution >= 0.6 is 0 Å². The van der Waals surface area contributed by atoms with Gasteiger partial charge in [0.2, 0.25) is 5.95 Å². The minimum atomic E-state index is -0.0229. The van der Waals surface area contributed by atoms with Crippen LogP contribution in [0.1, 0.15) is 44.6 Å². The van der Waals surface area contributed by atoms with Gasteiger partial charge in [-0.25, -0.2) is 9.78 Å². The van der Waals surface area contributed by atoms with Crippen molar-refractivity contribution in [3.05, 3.63) is 34.9 Å². The normalized spacial score (nSPS) is 18.2. The molecule has 2 fully saturated rings. The summed E-state index contributed by atoms with van der Waals surface area (Å²) in [5, 5.41) is 6.93. The van der Waals surface area contributed by atoms with Gasteiger partial charge in [0.25, 0.3) is 0 Å². The molecular formula is C24H33N7O2. The minimum Gasteiger partial charge on any atom is -0.494 e. The fraction of sp³-hybridized carbons (Fsp3) is 0.542. The van der Waals surface area contributed by atoms with Gasteiger partial charge in [0.15, 0.2) is 5.65 Å². The molecule has 2 aromatic heterocycles. The van der Waals surface area contributed by atoms with Crippen molar-refractivity contribution in [2.75, 3.05) is 37.9 Å². The van der Waals surface area contributed by atoms with Crippen molar-refractivity contribution in [3.63, 3.8) is 0 Å². The third-order valence-electron chi connectivity index (χ3n) is 7.06. The van der Waals surface area contributed by atoms with E-state index in [0.717, 1.165) is 74.3 Å². The van der Waals surface area contributed by atoms with Crippen LogP contribution in [-0.4, -0.2) is 57.3 Å². The highest BCUT2D eigenvalue weighted by Crippen LogP contribution is 2.33. The van der Waals surface area contributed by atoms with E-state index < -0.39 is 0 Å². The molecular weight excluding hydrogens is 418 g/mol. The molecule has 33 heavy (non-hydrogen) atoms. The number of imidazole rings is 1. The Kier molecular flexibility index (Phi) is 5.97. The molecule has 1 saturated heterocycles. The van der Waals surface area contributed by atoms with Crippen LogP contribution in [0.25, 0.3) is 11.2 Å². The quantitative estimate of drug-likeness (QED) is 0.593. The Bertz CT molecular complexity index is 1190. The van der Waals surface area contributed by atoms with Gasteiger partial charge in [-0.15, -0.1) is 0 Å². The molecule has 5 rings (SSSR count). The van der Waals surface area contributed by atoms with Gasteiger partial charge in [-0.2, -0.15) is 4.98 Å². The number of rotatable bonds is 6. The van der Waals surface area contributed by atoms with Gasteiger partial charge in [-0.3, -0.25) is 9.13 Å². The van der Waals surface area contributed by atoms with Crippen molar-refractivity contribution in [2.24, 2.45) is 7.05 Å². The number of hydrogen-bond acceptors (Lipinski definition) is 7. The Hall–Kier alpha value is -3.07. The summed E-state index contributed by atoms with van der Waals surface area (Å²) >= 11 is 0. The molecule has 0 radical (unpaired) electrons. The van der Waals surface area contributed by atoms with E-state index in [-0.39, 0.29) is 11.7 Å². The van der Waals surface area contributed by atoms with E-state index in [9.17, 15) is 4.79 Å². The summed E-state index contributed by atoms with van der Waals surface area (Å²) in [5.41, 5.74) is 3.25. The Morgan fingerprint density at radius 3 is 2.58 bits per heavy atom. The van der Waals surface area contributed by atoms with Crippen LogP contribution in [0.2, 0.25) is 0 Å². The number of benzene rings is 1. The predicted octanol–water partition coefficient (Wildman–Crippen LogP) is 3.50. The van der Waals surface area contributed by atoms with E-state index in [1.54, 1.807) is 24.9 Å². The first-order chi connectivity index (χ1) is 16.0. The van der Waals surface area contributed by atoms with Crippen LogP contribution in [0.4, 0.5) is 17.3 Å². The van der Waals surface area contributed by atoms with Crippen LogP contribution in [0.5, 0.6) is 5.75 Å². The van der Waals surface area contributed by atoms with E-state index in [1.165, 1.54) is 0 Å². The van der Waals surface area contributed by atoms with Crippen LogP contribution in [-0.2, 0) is 7.05 Å². The second kappa shape index (κ2) is 9.05. The zero-order valence-electron chi connectivity index (χ0n) is 19.7. The number of aryl methyl sites for hydroxylation is 1. The molecule has 1 aliphatic carbocycles. The Labute approximate surface area is 193 Å². The average molecular weight is 452 g/mol. The van der Waals surface area contributed by atoms with Crippen LogP contribution in [0.3, 0.4) is 0 Å². The summed E-state index contributed by atoms with van der Waals surface area (Å²) in [6, 6.07) is 6.73. The van der Waals surface area contributed by atoms with Gasteiger partial charge in [0, 0.05) is 30.9 Å². The van der Waals surface area contributed by atoms with Gasteiger partial charge in [0.1, 0.15) is 11.3 Å². The van der Waals surface area contributed by atoms with Gasteiger partial charge >= 0.3 is 5.69 Å². The van der Waals surface area contributed by atoms with E-state index in [1.807, 2.05) is 16.7 Å². The molecule has 3 heterocycles. The summed E-state index contributed by atoms with van der Waals surface area (Å²) in [7, 11) is 5.62. The molecule has 0 amide bonds. The van der Waals surface area contributed by atoms with Crippen molar-refractivity contribution in [3.8, 4) is 5.75 Å². The van der Waals surface area contributed by atoms with E-state index >= 15 is 0 Å². The molecule has 0 unspecified atom stereocenters. The first-order valence-corrected chi connectivity index (χ1v) is 11.9. The van der Waals surface area contributed by atoms with Gasteiger partial charge in [-0.1, -0.05) is 12.8 Å². The largest absolute Gasteiger partial charge is 0.494 e. The van der Waals surface area contributed by atoms with Crippen molar-refractivity contribution >= 4 is 28.5 Å². The van der Waals surface area contributed by atoms with Crippen molar-refractivity contribution in [2.45, 2.75) is 50.6 Å². The second-order valence-corrected chi connectivity index (χ2v) is 9.31. The highest BCUT2D eigenvalue weighted by atomic mass is 16.5. The number of ether oxygens (including phenoxy) is 1. The molecule has 1 aliphatic heterocycles. The number of nitrogens with zero attached hydrogens (tertiary/aromatic N) is 5. The molecule has 1 aromatic carbocycles. The van der Waals surface area contributed by atoms with Crippen molar-refractivity contribution in [1.29, 1.82) is 0 Å². The van der Waals surface area contributed by atoms with Crippen LogP contribution < -0.4 is 21.1 Å². The molecule has 0 atom stereocenters. The summed E-state index contributed by atoms with van der Waals surface area (Å²) in [6.45, 7) is 2.22. The number of likely N-dealkylation sites (tertiary alicyclic amines) is 1. The lowest BCUT2D eigenvalue weighted by Gasteiger charge is -2.30. The zero-order chi connectivity index (χ0) is 22.9. The molecule has 0 bridgehead atoms. The Morgan fingerprint density at radius 2 is 1.85 bits per heavy atom. The van der Waals surface area contributed by atoms with Crippen LogP contribution in [0.15, 0.2) is 29.2 Å². The molecule has 176 valence electrons. The highest BCUT2D eigenvalue weighted by Gasteiger charge is 2.24. The zero-order valence-corrected chi connectivity index (χ0v) is 19.7. The maximum atomic E-state index is 12.9. The maximum Gasteiger partial charge on any atom is 0.330 e. The number of anilines is 3. The molecule has 0 spiro atoms. The fourth-order valence-corrected chi connectivity index (χ4v) is 5.08. The lowest BCUT2D eigenvalue weighted by molar-refractivity contribution is 0.264. The van der Waals surface area contributed by atoms with E-state index in [0.29, 0.717) is 17.6 Å². The molecule has 3 aromatic rings. The Morgan fingerprint density at radius 1 is 1.09 bits per heavy atom. The number of nitrogens with one attached hydrogen (secondary N) is 2. The summed E-state index contributed by atoms with van der Waals surface area (Å²) in [4.78, 5) is 24.4. The van der Waals surface area contributed by atoms with Crippen molar-refractivity contribution in [1.82, 2.24) is 24.0 Å². The molecule has 9 nitrogen and oxygen atoms in total. The van der Waals surface area contributed by atoms with E-state index in [4.69, 9.17) is 9.72 Å². The lowest BCUT2D eigenvalue weighted by Crippen LogP contribution is -2.36. The second-order valence-electron chi connectivity index (χ2n) is 9.31. The number of hydrogen-bond donors (Lipinski definition) is 2. The Balaban J connectivity index is 1.39. The molecule has 1 saturated carbocycles. The van der Waals surface area contributed by atoms with Gasteiger partial charge in [0.05, 0.1) is 19.0 Å². The third-order valence-corrected chi connectivity index (χ3v) is 7.06. The molecule has 2 aliphatic rings. The predicted molar refractivity (Wildman–Crippen MR) is 131 cm³/mol. The first-order valence-electron chi connectivity index (χ1n) is 11.9. The monoisotopic (exact) mass is 451 g/mol. The lowest BCUT2D eigenvalue weighted by atomic mass is 10.1. The van der Waals surface area contributed by atoms with E-state index in [2.05, 4.69) is 33.6 Å². The standard InChI is InChI=1S/C24H33N7O2/c1-29-12-10-16(11-13-29)26-17-8-9-19(21(14-17)33-3)27-23-25-15-20-22(28-23)31(24(32)30(20)2)18-6-4-5-7-18/h8-9,14-16,18,26H,4-7,10-13H2,1-3H3,(H,25,27,28). The van der Waals surface area contributed by atoms with Gasteiger partial charge < -0.3 is 20.3 Å². The van der Waals surface area contributed by atoms with Crippen LogP contribution in [0, 0.1) is 0 Å². The molecule has 9 heteroatoms. The first kappa shape index (κ1) is 21.8. The smallest absolute Gasteiger partial charge is 0.330 e. The summed E-state index contributed by atoms with van der Waals surface area (Å²) in [6.07, 6.45) is 8.33. The summed E-state index contributed by atoms with van der Waals surface area (Å²) in [5.74, 6) is 1.17.